The van der Waals surface area contributed by atoms with Gasteiger partial charge in [0.25, 0.3) is 0 Å². The minimum absolute atomic E-state index is 0.0141. The van der Waals surface area contributed by atoms with Crippen molar-refractivity contribution < 1.29 is 22.7 Å². The second-order valence-electron chi connectivity index (χ2n) is 4.22. The van der Waals surface area contributed by atoms with Crippen molar-refractivity contribution >= 4 is 5.69 Å². The standard InChI is InChI=1S/C12H16F4N2O/c1-8(17)11-9(13)3-2-4-10(11)18(5-6-19)7-12(14,15)16/h2-4,8,19H,5-7,17H2,1H3/t8-/m1/s1. The highest BCUT2D eigenvalue weighted by molar-refractivity contribution is 5.55. The van der Waals surface area contributed by atoms with Gasteiger partial charge >= 0.3 is 6.18 Å². The fourth-order valence-corrected chi connectivity index (χ4v) is 1.87. The molecule has 1 atom stereocenters. The monoisotopic (exact) mass is 280 g/mol. The molecule has 0 bridgehead atoms. The summed E-state index contributed by atoms with van der Waals surface area (Å²) < 4.78 is 51.2. The van der Waals surface area contributed by atoms with Crippen LogP contribution in [0.25, 0.3) is 0 Å². The minimum Gasteiger partial charge on any atom is -0.395 e. The van der Waals surface area contributed by atoms with Crippen LogP contribution in [0.15, 0.2) is 18.2 Å². The number of nitrogens with two attached hydrogens (primary N) is 1. The van der Waals surface area contributed by atoms with Crippen LogP contribution in [0.1, 0.15) is 18.5 Å². The van der Waals surface area contributed by atoms with E-state index in [1.54, 1.807) is 0 Å². The van der Waals surface area contributed by atoms with Gasteiger partial charge in [-0.25, -0.2) is 4.39 Å². The van der Waals surface area contributed by atoms with Crippen LogP contribution in [0.3, 0.4) is 0 Å². The van der Waals surface area contributed by atoms with Gasteiger partial charge in [0.15, 0.2) is 0 Å². The van der Waals surface area contributed by atoms with Crippen LogP contribution in [-0.2, 0) is 0 Å². The summed E-state index contributed by atoms with van der Waals surface area (Å²) in [5, 5.41) is 8.86. The van der Waals surface area contributed by atoms with Gasteiger partial charge in [-0.1, -0.05) is 6.07 Å². The van der Waals surface area contributed by atoms with Crippen LogP contribution in [0.5, 0.6) is 0 Å². The van der Waals surface area contributed by atoms with Gasteiger partial charge in [-0.3, -0.25) is 0 Å². The minimum atomic E-state index is -4.45. The lowest BCUT2D eigenvalue weighted by atomic mass is 10.0. The third-order valence-electron chi connectivity index (χ3n) is 2.57. The number of hydrogen-bond donors (Lipinski definition) is 2. The Morgan fingerprint density at radius 1 is 1.37 bits per heavy atom. The van der Waals surface area contributed by atoms with Gasteiger partial charge in [-0.05, 0) is 19.1 Å². The molecule has 1 rings (SSSR count). The van der Waals surface area contributed by atoms with Gasteiger partial charge in [0.2, 0.25) is 0 Å². The average Bonchev–Trinajstić information content (AvgIpc) is 2.25. The first-order chi connectivity index (χ1) is 8.76. The molecule has 0 aromatic heterocycles. The highest BCUT2D eigenvalue weighted by Gasteiger charge is 2.32. The Kier molecular flexibility index (Phi) is 5.13. The summed E-state index contributed by atoms with van der Waals surface area (Å²) in [5.74, 6) is -0.655. The predicted molar refractivity (Wildman–Crippen MR) is 64.4 cm³/mol. The summed E-state index contributed by atoms with van der Waals surface area (Å²) in [4.78, 5) is 0.877. The number of aliphatic hydroxyl groups excluding tert-OH is 1. The lowest BCUT2D eigenvalue weighted by molar-refractivity contribution is -0.119. The SMILES string of the molecule is C[C@@H](N)c1c(F)cccc1N(CCO)CC(F)(F)F. The first-order valence-corrected chi connectivity index (χ1v) is 5.73. The zero-order valence-electron chi connectivity index (χ0n) is 10.4. The van der Waals surface area contributed by atoms with Crippen LogP contribution in [0.2, 0.25) is 0 Å². The Morgan fingerprint density at radius 2 is 2.00 bits per heavy atom. The Labute approximate surface area is 108 Å². The molecule has 0 saturated heterocycles. The second-order valence-corrected chi connectivity index (χ2v) is 4.22. The normalized spacial score (nSPS) is 13.4. The molecule has 7 heteroatoms. The summed E-state index contributed by atoms with van der Waals surface area (Å²) in [6, 6.07) is 3.08. The first kappa shape index (κ1) is 15.7. The molecule has 1 aromatic carbocycles. The van der Waals surface area contributed by atoms with Crippen LogP contribution >= 0.6 is 0 Å². The molecule has 3 N–H and O–H groups in total. The summed E-state index contributed by atoms with van der Waals surface area (Å²) in [6.45, 7) is -0.489. The molecule has 0 spiro atoms. The maximum atomic E-state index is 13.7. The Balaban J connectivity index is 3.18. The average molecular weight is 280 g/mol. The van der Waals surface area contributed by atoms with E-state index in [1.807, 2.05) is 0 Å². The summed E-state index contributed by atoms with van der Waals surface area (Å²) >= 11 is 0. The van der Waals surface area contributed by atoms with Gasteiger partial charge in [0, 0.05) is 23.8 Å². The number of nitrogens with zero attached hydrogens (tertiary/aromatic N) is 1. The Morgan fingerprint density at radius 3 is 2.47 bits per heavy atom. The number of anilines is 1. The molecule has 1 aromatic rings. The van der Waals surface area contributed by atoms with Crippen molar-refractivity contribution in [1.29, 1.82) is 0 Å². The fourth-order valence-electron chi connectivity index (χ4n) is 1.87. The molecule has 0 unspecified atom stereocenters. The molecule has 3 nitrogen and oxygen atoms in total. The topological polar surface area (TPSA) is 49.5 Å². The van der Waals surface area contributed by atoms with Gasteiger partial charge in [0.05, 0.1) is 6.61 Å². The van der Waals surface area contributed by atoms with Crippen molar-refractivity contribution in [2.24, 2.45) is 5.73 Å². The molecule has 0 saturated carbocycles. The zero-order chi connectivity index (χ0) is 14.6. The van der Waals surface area contributed by atoms with E-state index in [0.717, 1.165) is 11.0 Å². The zero-order valence-corrected chi connectivity index (χ0v) is 10.4. The number of rotatable bonds is 5. The van der Waals surface area contributed by atoms with Crippen molar-refractivity contribution in [3.05, 3.63) is 29.6 Å². The number of hydrogen-bond acceptors (Lipinski definition) is 3. The summed E-state index contributed by atoms with van der Waals surface area (Å²) in [5.41, 5.74) is 5.67. The Hall–Kier alpha value is -1.34. The highest BCUT2D eigenvalue weighted by Crippen LogP contribution is 2.30. The van der Waals surface area contributed by atoms with E-state index in [9.17, 15) is 17.6 Å². The number of alkyl halides is 3. The maximum Gasteiger partial charge on any atom is 0.405 e. The van der Waals surface area contributed by atoms with E-state index in [2.05, 4.69) is 0 Å². The van der Waals surface area contributed by atoms with E-state index < -0.39 is 31.2 Å². The third kappa shape index (κ3) is 4.36. The van der Waals surface area contributed by atoms with E-state index in [0.29, 0.717) is 0 Å². The second kappa shape index (κ2) is 6.21. The molecule has 108 valence electrons. The van der Waals surface area contributed by atoms with E-state index in [4.69, 9.17) is 10.8 Å². The highest BCUT2D eigenvalue weighted by atomic mass is 19.4. The lowest BCUT2D eigenvalue weighted by Gasteiger charge is -2.28. The van der Waals surface area contributed by atoms with Crippen molar-refractivity contribution in [2.75, 3.05) is 24.6 Å². The van der Waals surface area contributed by atoms with E-state index in [1.165, 1.54) is 19.1 Å². The van der Waals surface area contributed by atoms with Gasteiger partial charge in [-0.2, -0.15) is 13.2 Å². The smallest absolute Gasteiger partial charge is 0.395 e. The van der Waals surface area contributed by atoms with Crippen LogP contribution < -0.4 is 10.6 Å². The first-order valence-electron chi connectivity index (χ1n) is 5.73. The molecule has 0 heterocycles. The molecule has 0 aliphatic heterocycles. The van der Waals surface area contributed by atoms with Gasteiger partial charge in [-0.15, -0.1) is 0 Å². The van der Waals surface area contributed by atoms with Crippen LogP contribution in [0, 0.1) is 5.82 Å². The molecule has 0 fully saturated rings. The molecular formula is C12H16F4N2O. The fraction of sp³-hybridized carbons (Fsp3) is 0.500. The molecule has 0 aliphatic carbocycles. The van der Waals surface area contributed by atoms with E-state index >= 15 is 0 Å². The molecule has 0 amide bonds. The van der Waals surface area contributed by atoms with Crippen molar-refractivity contribution in [3.8, 4) is 0 Å². The number of aliphatic hydroxyl groups is 1. The Bertz CT molecular complexity index is 421. The van der Waals surface area contributed by atoms with Gasteiger partial charge in [0.1, 0.15) is 12.4 Å². The third-order valence-corrected chi connectivity index (χ3v) is 2.57. The quantitative estimate of drug-likeness (QED) is 0.813. The van der Waals surface area contributed by atoms with E-state index in [-0.39, 0.29) is 17.8 Å². The van der Waals surface area contributed by atoms with Crippen molar-refractivity contribution in [3.63, 3.8) is 0 Å². The maximum absolute atomic E-state index is 13.7. The van der Waals surface area contributed by atoms with Crippen molar-refractivity contribution in [2.45, 2.75) is 19.1 Å². The number of benzene rings is 1. The largest absolute Gasteiger partial charge is 0.405 e. The van der Waals surface area contributed by atoms with Gasteiger partial charge < -0.3 is 15.7 Å². The summed E-state index contributed by atoms with van der Waals surface area (Å²) in [7, 11) is 0. The van der Waals surface area contributed by atoms with Crippen molar-refractivity contribution in [1.82, 2.24) is 0 Å². The molecule has 0 radical (unpaired) electrons. The molecule has 19 heavy (non-hydrogen) atoms. The van der Waals surface area contributed by atoms with Crippen LogP contribution in [0.4, 0.5) is 23.2 Å². The predicted octanol–water partition coefficient (Wildman–Crippen LogP) is 2.21. The molecular weight excluding hydrogens is 264 g/mol. The number of halogens is 4. The molecule has 0 aliphatic rings. The summed E-state index contributed by atoms with van der Waals surface area (Å²) in [6.07, 6.45) is -4.45. The lowest BCUT2D eigenvalue weighted by Crippen LogP contribution is -2.37. The van der Waals surface area contributed by atoms with Crippen LogP contribution in [-0.4, -0.2) is 31.0 Å².